The summed E-state index contributed by atoms with van der Waals surface area (Å²) in [6.07, 6.45) is 5.95. The normalized spacial score (nSPS) is 11.6. The molecule has 0 fully saturated rings. The predicted octanol–water partition coefficient (Wildman–Crippen LogP) is 8.12. The number of hydrogen-bond donors (Lipinski definition) is 9. The van der Waals surface area contributed by atoms with E-state index < -0.39 is 0 Å². The van der Waals surface area contributed by atoms with E-state index in [-0.39, 0.29) is 63.0 Å². The zero-order chi connectivity index (χ0) is 52.7. The average Bonchev–Trinajstić information content (AvgIpc) is 3.38. The van der Waals surface area contributed by atoms with Gasteiger partial charge in [0, 0.05) is 41.5 Å². The van der Waals surface area contributed by atoms with Crippen molar-refractivity contribution < 1.29 is 66.0 Å². The topological polar surface area (TPSA) is 239 Å². The number of phenolic OH excluding ortho intramolecular Hbond substituents is 1. The van der Waals surface area contributed by atoms with Gasteiger partial charge in [0.25, 0.3) is 0 Å². The van der Waals surface area contributed by atoms with E-state index in [1.165, 1.54) is 25.7 Å². The third-order valence-electron chi connectivity index (χ3n) is 9.52. The first-order chi connectivity index (χ1) is 35.5. The van der Waals surface area contributed by atoms with E-state index in [9.17, 15) is 5.11 Å². The molecule has 0 aliphatic rings. The number of nitrogens with two attached hydrogens (primary N) is 2. The van der Waals surface area contributed by atoms with Gasteiger partial charge in [0.05, 0.1) is 26.4 Å². The molecule has 5 rings (SSSR count). The van der Waals surface area contributed by atoms with E-state index in [1.807, 2.05) is 129 Å². The van der Waals surface area contributed by atoms with Gasteiger partial charge in [-0.05, 0) is 93.1 Å². The van der Waals surface area contributed by atoms with Gasteiger partial charge >= 0.3 is 51.4 Å². The molecule has 0 aliphatic heterocycles. The molecular formula is C56H77KN14O3. The number of benzene rings is 5. The minimum Gasteiger partial charge on any atom is -0.683 e. The third kappa shape index (κ3) is 29.9. The van der Waals surface area contributed by atoms with Crippen LogP contribution in [0, 0.1) is 0 Å². The Bertz CT molecular complexity index is 2450. The fraction of sp³-hybridized carbons (Fsp3) is 0.304. The summed E-state index contributed by atoms with van der Waals surface area (Å²) in [6.45, 7) is 22.1. The first-order valence-electron chi connectivity index (χ1n) is 24.6. The van der Waals surface area contributed by atoms with Crippen molar-refractivity contribution in [2.24, 2.45) is 36.6 Å². The van der Waals surface area contributed by atoms with Crippen LogP contribution >= 0.6 is 0 Å². The molecule has 5 aromatic rings. The van der Waals surface area contributed by atoms with E-state index >= 15 is 0 Å². The number of phenols is 1. The molecule has 11 N–H and O–H groups in total. The number of unbranched alkanes of at least 4 members (excludes halogenated alkanes) is 3. The number of ether oxygens (including phenoxy) is 2. The Balaban J connectivity index is 0.000000499. The molecule has 0 atom stereocenters. The van der Waals surface area contributed by atoms with Crippen molar-refractivity contribution in [1.82, 2.24) is 10.6 Å². The molecule has 0 aromatic heterocycles. The summed E-state index contributed by atoms with van der Waals surface area (Å²) in [5, 5.41) is 36.6. The summed E-state index contributed by atoms with van der Waals surface area (Å²) in [5.41, 5.74) is 10.8. The zero-order valence-corrected chi connectivity index (χ0v) is 47.4. The molecule has 0 saturated heterocycles. The number of hydrogen-bond acceptors (Lipinski definition) is 9. The van der Waals surface area contributed by atoms with Crippen molar-refractivity contribution in [3.05, 3.63) is 175 Å². The van der Waals surface area contributed by atoms with Crippen LogP contribution in [0.1, 0.15) is 72.3 Å². The number of rotatable bonds is 24. The minimum atomic E-state index is 0. The number of nitrogens with zero attached hydrogens (tertiary/aromatic N) is 6. The van der Waals surface area contributed by atoms with Gasteiger partial charge in [0.2, 0.25) is 11.9 Å². The Kier molecular flexibility index (Phi) is 34.3. The number of amidine groups is 3. The molecule has 18 heteroatoms. The molecule has 5 aromatic carbocycles. The summed E-state index contributed by atoms with van der Waals surface area (Å²) in [5.74, 6) is 9.03. The Hall–Kier alpha value is -6.51. The minimum absolute atomic E-state index is 0. The van der Waals surface area contributed by atoms with Gasteiger partial charge in [0.15, 0.2) is 0 Å². The fourth-order valence-corrected chi connectivity index (χ4v) is 6.07. The first kappa shape index (κ1) is 63.6. The third-order valence-corrected chi connectivity index (χ3v) is 9.52. The maximum Gasteiger partial charge on any atom is 1.00 e. The van der Waals surface area contributed by atoms with Gasteiger partial charge in [-0.15, -0.1) is 12.2 Å². The van der Waals surface area contributed by atoms with Crippen LogP contribution < -0.4 is 94.9 Å². The van der Waals surface area contributed by atoms with Crippen LogP contribution in [0.25, 0.3) is 5.32 Å². The van der Waals surface area contributed by atoms with Crippen LogP contribution in [-0.4, -0.2) is 80.6 Å². The summed E-state index contributed by atoms with van der Waals surface area (Å²) in [4.78, 5) is 18.2. The number of aliphatic imine (C=N–C) groups is 4. The summed E-state index contributed by atoms with van der Waals surface area (Å²) in [6, 6.07) is 43.4. The average molecular weight is 1030 g/mol. The molecule has 0 spiro atoms. The van der Waals surface area contributed by atoms with Gasteiger partial charge < -0.3 is 63.4 Å². The maximum atomic E-state index is 9.49. The summed E-state index contributed by atoms with van der Waals surface area (Å²) in [7, 11) is 0. The van der Waals surface area contributed by atoms with Gasteiger partial charge in [-0.2, -0.15) is 5.10 Å². The van der Waals surface area contributed by atoms with Crippen LogP contribution in [0.3, 0.4) is 0 Å². The van der Waals surface area contributed by atoms with Crippen LogP contribution in [0.4, 0.5) is 28.4 Å². The number of hydrazone groups is 1. The van der Waals surface area contributed by atoms with Gasteiger partial charge in [-0.3, -0.25) is 9.98 Å². The largest absolute Gasteiger partial charge is 1.00 e. The Morgan fingerprint density at radius 1 is 0.568 bits per heavy atom. The van der Waals surface area contributed by atoms with Crippen molar-refractivity contribution >= 4 is 57.9 Å². The fourth-order valence-electron chi connectivity index (χ4n) is 6.07. The number of guanidine groups is 2. The molecule has 0 saturated carbocycles. The number of nitrogens with one attached hydrogen (secondary N) is 6. The molecular weight excluding hydrogens is 956 g/mol. The molecule has 0 radical (unpaired) electrons. The maximum absolute atomic E-state index is 9.49. The Labute approximate surface area is 482 Å². The Morgan fingerprint density at radius 2 is 1.01 bits per heavy atom. The zero-order valence-electron chi connectivity index (χ0n) is 44.3. The van der Waals surface area contributed by atoms with Crippen molar-refractivity contribution in [2.75, 3.05) is 67.3 Å². The molecule has 390 valence electrons. The first-order valence-corrected chi connectivity index (χ1v) is 24.6. The van der Waals surface area contributed by atoms with Crippen molar-refractivity contribution in [2.45, 2.75) is 66.7 Å². The number of aromatic hydroxyl groups is 1. The van der Waals surface area contributed by atoms with Crippen molar-refractivity contribution in [3.8, 4) is 5.75 Å². The SMILES string of the molecule is C=C(NC(=NC(C)=NCCCCCC)Nc1ccc(O)cc1)Nc1ccccc1.C=C(NC(=NC(C)=NCCOCCOCC[N-]c1ccccc1)Nc1ccc(/C(N)=N/N)cc1)Nc1ccccc1.CCC.[K+]. The standard InChI is InChI=1S/C30H38N9O2.C23H31N5O.C3H8.K/c1-23(33-17-19-40-21-22-41-20-18-34-26-9-5-3-6-10-26)36-30(37-24(2)35-27-11-7-4-8-12-27)38-28-15-13-25(14-16-28)29(31)39-32;1-4-5-6-10-17-24-18(2)26-23(28-21-13-15-22(29)16-14-21)27-19(3)25-20-11-8-7-9-12-20;1-3-2;/h3-16,35H,2,17-22,32H2,1H3,(H2,31,39)(H2,33,36,37,38);7-9,11-16,25,29H,3-6,10,17H2,1-2H3,(H2,24,26,27,28);3H2,1-2H3;/q-1;;;+1. The van der Waals surface area contributed by atoms with Gasteiger partial charge in [-0.1, -0.05) is 126 Å². The molecule has 74 heavy (non-hydrogen) atoms. The second kappa shape index (κ2) is 39.9. The van der Waals surface area contributed by atoms with E-state index in [2.05, 4.69) is 96.2 Å². The molecule has 0 bridgehead atoms. The molecule has 0 heterocycles. The summed E-state index contributed by atoms with van der Waals surface area (Å²) < 4.78 is 11.2. The second-order valence-corrected chi connectivity index (χ2v) is 16.1. The van der Waals surface area contributed by atoms with Gasteiger partial charge in [0.1, 0.15) is 34.9 Å². The second-order valence-electron chi connectivity index (χ2n) is 16.1. The van der Waals surface area contributed by atoms with E-state index in [4.69, 9.17) is 21.1 Å². The molecule has 0 unspecified atom stereocenters. The van der Waals surface area contributed by atoms with Crippen molar-refractivity contribution in [1.29, 1.82) is 0 Å². The van der Waals surface area contributed by atoms with E-state index in [0.717, 1.165) is 41.4 Å². The predicted molar refractivity (Wildman–Crippen MR) is 308 cm³/mol. The van der Waals surface area contributed by atoms with Crippen LogP contribution in [0.5, 0.6) is 5.75 Å². The van der Waals surface area contributed by atoms with Crippen LogP contribution in [0.15, 0.2) is 189 Å². The molecule has 0 amide bonds. The Morgan fingerprint density at radius 3 is 1.50 bits per heavy atom. The van der Waals surface area contributed by atoms with Gasteiger partial charge in [-0.25, -0.2) is 9.98 Å². The van der Waals surface area contributed by atoms with Crippen LogP contribution in [-0.2, 0) is 9.47 Å². The monoisotopic (exact) mass is 1030 g/mol. The number of para-hydroxylation sites is 3. The van der Waals surface area contributed by atoms with Crippen LogP contribution in [0.2, 0.25) is 0 Å². The summed E-state index contributed by atoms with van der Waals surface area (Å²) >= 11 is 0. The molecule has 0 aliphatic carbocycles. The number of anilines is 4. The van der Waals surface area contributed by atoms with E-state index in [0.29, 0.717) is 80.3 Å². The molecule has 17 nitrogen and oxygen atoms in total. The smallest absolute Gasteiger partial charge is 0.683 e. The van der Waals surface area contributed by atoms with E-state index in [1.54, 1.807) is 24.3 Å². The van der Waals surface area contributed by atoms with Crippen molar-refractivity contribution in [3.63, 3.8) is 0 Å². The quantitative estimate of drug-likeness (QED) is 0.00544.